The first-order valence-electron chi connectivity index (χ1n) is 6.99. The fraction of sp³-hybridized carbons (Fsp3) is 0.188. The van der Waals surface area contributed by atoms with Crippen LogP contribution in [0.25, 0.3) is 0 Å². The van der Waals surface area contributed by atoms with Crippen molar-refractivity contribution in [2.24, 2.45) is 0 Å². The molecule has 0 bridgehead atoms. The molecule has 0 saturated carbocycles. The third-order valence-corrected chi connectivity index (χ3v) is 3.11. The summed E-state index contributed by atoms with van der Waals surface area (Å²) in [6, 6.07) is 13.0. The SMILES string of the molecule is COCCNc1ccc([N+](=O)[O-])cc1C(=O)Nc1ccccc1. The van der Waals surface area contributed by atoms with Crippen LogP contribution < -0.4 is 10.6 Å². The van der Waals surface area contributed by atoms with Crippen LogP contribution in [-0.4, -0.2) is 31.1 Å². The van der Waals surface area contributed by atoms with Crippen molar-refractivity contribution in [3.8, 4) is 0 Å². The highest BCUT2D eigenvalue weighted by Crippen LogP contribution is 2.23. The van der Waals surface area contributed by atoms with E-state index in [0.717, 1.165) is 0 Å². The summed E-state index contributed by atoms with van der Waals surface area (Å²) in [4.78, 5) is 22.8. The van der Waals surface area contributed by atoms with Gasteiger partial charge in [-0.1, -0.05) is 18.2 Å². The van der Waals surface area contributed by atoms with Gasteiger partial charge in [0, 0.05) is 37.2 Å². The minimum atomic E-state index is -0.530. The van der Waals surface area contributed by atoms with Crippen LogP contribution in [0.5, 0.6) is 0 Å². The summed E-state index contributed by atoms with van der Waals surface area (Å²) in [5.74, 6) is -0.417. The molecule has 23 heavy (non-hydrogen) atoms. The summed E-state index contributed by atoms with van der Waals surface area (Å²) < 4.78 is 4.95. The predicted octanol–water partition coefficient (Wildman–Crippen LogP) is 2.91. The Morgan fingerprint density at radius 2 is 1.96 bits per heavy atom. The van der Waals surface area contributed by atoms with Crippen LogP contribution in [0.4, 0.5) is 17.1 Å². The quantitative estimate of drug-likeness (QED) is 0.465. The second kappa shape index (κ2) is 7.90. The third-order valence-electron chi connectivity index (χ3n) is 3.11. The molecule has 0 spiro atoms. The average Bonchev–Trinajstić information content (AvgIpc) is 2.56. The summed E-state index contributed by atoms with van der Waals surface area (Å²) in [7, 11) is 1.57. The lowest BCUT2D eigenvalue weighted by Gasteiger charge is -2.12. The van der Waals surface area contributed by atoms with E-state index in [1.54, 1.807) is 31.4 Å². The Morgan fingerprint density at radius 1 is 1.22 bits per heavy atom. The van der Waals surface area contributed by atoms with Gasteiger partial charge in [0.15, 0.2) is 0 Å². The molecule has 7 heteroatoms. The van der Waals surface area contributed by atoms with Crippen molar-refractivity contribution in [1.29, 1.82) is 0 Å². The number of nitro groups is 1. The van der Waals surface area contributed by atoms with E-state index in [2.05, 4.69) is 10.6 Å². The normalized spacial score (nSPS) is 10.1. The number of nitrogens with zero attached hydrogens (tertiary/aromatic N) is 1. The first-order valence-corrected chi connectivity index (χ1v) is 6.99. The molecule has 0 aliphatic heterocycles. The number of hydrogen-bond acceptors (Lipinski definition) is 5. The maximum Gasteiger partial charge on any atom is 0.270 e. The molecule has 0 aromatic heterocycles. The molecule has 0 fully saturated rings. The van der Waals surface area contributed by atoms with E-state index < -0.39 is 10.8 Å². The number of methoxy groups -OCH3 is 1. The lowest BCUT2D eigenvalue weighted by atomic mass is 10.1. The molecule has 0 aliphatic carbocycles. The average molecular weight is 315 g/mol. The van der Waals surface area contributed by atoms with Crippen LogP contribution in [0.15, 0.2) is 48.5 Å². The first-order chi connectivity index (χ1) is 11.1. The van der Waals surface area contributed by atoms with E-state index in [0.29, 0.717) is 24.5 Å². The Labute approximate surface area is 133 Å². The molecule has 0 atom stereocenters. The molecule has 0 saturated heterocycles. The van der Waals surface area contributed by atoms with Gasteiger partial charge in [0.2, 0.25) is 0 Å². The number of non-ortho nitro benzene ring substituents is 1. The number of carbonyl (C=O) groups excluding carboxylic acids is 1. The van der Waals surface area contributed by atoms with Gasteiger partial charge in [0.1, 0.15) is 0 Å². The zero-order valence-electron chi connectivity index (χ0n) is 12.6. The van der Waals surface area contributed by atoms with Gasteiger partial charge in [-0.2, -0.15) is 0 Å². The fourth-order valence-corrected chi connectivity index (χ4v) is 2.00. The van der Waals surface area contributed by atoms with E-state index in [9.17, 15) is 14.9 Å². The maximum absolute atomic E-state index is 12.4. The van der Waals surface area contributed by atoms with Crippen molar-refractivity contribution in [3.05, 3.63) is 64.2 Å². The number of benzene rings is 2. The Morgan fingerprint density at radius 3 is 2.61 bits per heavy atom. The molecule has 0 unspecified atom stereocenters. The zero-order valence-corrected chi connectivity index (χ0v) is 12.6. The molecule has 7 nitrogen and oxygen atoms in total. The van der Waals surface area contributed by atoms with Crippen molar-refractivity contribution >= 4 is 23.0 Å². The summed E-state index contributed by atoms with van der Waals surface area (Å²) in [5.41, 5.74) is 1.20. The number of carbonyl (C=O) groups is 1. The molecule has 2 aromatic carbocycles. The number of hydrogen-bond donors (Lipinski definition) is 2. The molecule has 2 aromatic rings. The maximum atomic E-state index is 12.4. The van der Waals surface area contributed by atoms with Gasteiger partial charge in [0.05, 0.1) is 17.1 Å². The van der Waals surface area contributed by atoms with E-state index in [1.807, 2.05) is 6.07 Å². The molecule has 0 aliphatic rings. The van der Waals surface area contributed by atoms with Crippen LogP contribution in [0.2, 0.25) is 0 Å². The second-order valence-electron chi connectivity index (χ2n) is 4.73. The molecular weight excluding hydrogens is 298 g/mol. The molecular formula is C16H17N3O4. The number of nitrogens with one attached hydrogen (secondary N) is 2. The van der Waals surface area contributed by atoms with E-state index >= 15 is 0 Å². The minimum Gasteiger partial charge on any atom is -0.383 e. The summed E-state index contributed by atoms with van der Waals surface area (Å²) in [6.45, 7) is 0.941. The Bertz CT molecular complexity index is 689. The van der Waals surface area contributed by atoms with Gasteiger partial charge in [-0.3, -0.25) is 14.9 Å². The van der Waals surface area contributed by atoms with Crippen LogP contribution in [0.1, 0.15) is 10.4 Å². The zero-order chi connectivity index (χ0) is 16.7. The monoisotopic (exact) mass is 315 g/mol. The summed E-state index contributed by atoms with van der Waals surface area (Å²) in [5, 5.41) is 16.7. The fourth-order valence-electron chi connectivity index (χ4n) is 2.00. The highest BCUT2D eigenvalue weighted by Gasteiger charge is 2.16. The van der Waals surface area contributed by atoms with Gasteiger partial charge in [-0.05, 0) is 18.2 Å². The van der Waals surface area contributed by atoms with Crippen LogP contribution >= 0.6 is 0 Å². The van der Waals surface area contributed by atoms with Crippen molar-refractivity contribution in [2.75, 3.05) is 30.9 Å². The summed E-state index contributed by atoms with van der Waals surface area (Å²) in [6.07, 6.45) is 0. The van der Waals surface area contributed by atoms with Gasteiger partial charge in [-0.25, -0.2) is 0 Å². The highest BCUT2D eigenvalue weighted by molar-refractivity contribution is 6.08. The molecule has 0 heterocycles. The van der Waals surface area contributed by atoms with E-state index in [4.69, 9.17) is 4.74 Å². The number of para-hydroxylation sites is 1. The summed E-state index contributed by atoms with van der Waals surface area (Å²) >= 11 is 0. The van der Waals surface area contributed by atoms with Crippen molar-refractivity contribution in [2.45, 2.75) is 0 Å². The van der Waals surface area contributed by atoms with E-state index in [1.165, 1.54) is 18.2 Å². The van der Waals surface area contributed by atoms with Crippen molar-refractivity contribution < 1.29 is 14.5 Å². The Hall–Kier alpha value is -2.93. The topological polar surface area (TPSA) is 93.5 Å². The predicted molar refractivity (Wildman–Crippen MR) is 87.9 cm³/mol. The lowest BCUT2D eigenvalue weighted by molar-refractivity contribution is -0.384. The Kier molecular flexibility index (Phi) is 5.65. The largest absolute Gasteiger partial charge is 0.383 e. The van der Waals surface area contributed by atoms with Crippen molar-refractivity contribution in [1.82, 2.24) is 0 Å². The minimum absolute atomic E-state index is 0.138. The number of rotatable bonds is 7. The smallest absolute Gasteiger partial charge is 0.270 e. The van der Waals surface area contributed by atoms with Crippen LogP contribution in [0.3, 0.4) is 0 Å². The molecule has 1 amide bonds. The number of amides is 1. The van der Waals surface area contributed by atoms with Gasteiger partial charge < -0.3 is 15.4 Å². The van der Waals surface area contributed by atoms with Crippen LogP contribution in [0, 0.1) is 10.1 Å². The van der Waals surface area contributed by atoms with Crippen molar-refractivity contribution in [3.63, 3.8) is 0 Å². The lowest BCUT2D eigenvalue weighted by Crippen LogP contribution is -2.16. The number of anilines is 2. The van der Waals surface area contributed by atoms with Gasteiger partial charge in [-0.15, -0.1) is 0 Å². The number of nitro benzene ring substituents is 1. The van der Waals surface area contributed by atoms with Gasteiger partial charge in [0.25, 0.3) is 11.6 Å². The number of ether oxygens (including phenoxy) is 1. The molecule has 0 radical (unpaired) electrons. The third kappa shape index (κ3) is 4.52. The first kappa shape index (κ1) is 16.4. The highest BCUT2D eigenvalue weighted by atomic mass is 16.6. The van der Waals surface area contributed by atoms with Crippen LogP contribution in [-0.2, 0) is 4.74 Å². The van der Waals surface area contributed by atoms with Gasteiger partial charge >= 0.3 is 0 Å². The second-order valence-corrected chi connectivity index (χ2v) is 4.73. The van der Waals surface area contributed by atoms with E-state index in [-0.39, 0.29) is 11.3 Å². The molecule has 2 rings (SSSR count). The Balaban J connectivity index is 2.26. The molecule has 2 N–H and O–H groups in total. The standard InChI is InChI=1S/C16H17N3O4/c1-23-10-9-17-15-8-7-13(19(21)22)11-14(15)16(20)18-12-5-3-2-4-6-12/h2-8,11,17H,9-10H2,1H3,(H,18,20). The molecule has 120 valence electrons.